The van der Waals surface area contributed by atoms with Crippen molar-refractivity contribution < 1.29 is 4.79 Å². The van der Waals surface area contributed by atoms with Crippen LogP contribution in [0.4, 0.5) is 0 Å². The molecule has 0 spiro atoms. The Kier molecular flexibility index (Phi) is 3.74. The van der Waals surface area contributed by atoms with E-state index in [0.717, 1.165) is 36.1 Å². The van der Waals surface area contributed by atoms with E-state index in [1.54, 1.807) is 6.20 Å². The number of likely N-dealkylation sites (tertiary alicyclic amines) is 1. The molecule has 2 aromatic rings. The highest BCUT2D eigenvalue weighted by molar-refractivity contribution is 6.06. The average Bonchev–Trinajstić information content (AvgIpc) is 3.11. The predicted molar refractivity (Wildman–Crippen MR) is 80.9 cm³/mol. The second-order valence-corrected chi connectivity index (χ2v) is 5.38. The van der Waals surface area contributed by atoms with Gasteiger partial charge in [-0.2, -0.15) is 0 Å². The van der Waals surface area contributed by atoms with Gasteiger partial charge < -0.3 is 10.3 Å². The number of benzene rings is 1. The van der Waals surface area contributed by atoms with Crippen LogP contribution in [0.5, 0.6) is 0 Å². The number of likely N-dealkylation sites (N-methyl/N-ethyl adjacent to an activating group) is 1. The number of aromatic nitrogens is 1. The fraction of sp³-hybridized carbons (Fsp3) is 0.438. The highest BCUT2D eigenvalue weighted by Crippen LogP contribution is 2.18. The van der Waals surface area contributed by atoms with E-state index in [0.29, 0.717) is 6.04 Å². The zero-order valence-corrected chi connectivity index (χ0v) is 11.9. The minimum absolute atomic E-state index is 0.0189. The number of fused-ring (bicyclic) bond motifs is 1. The van der Waals surface area contributed by atoms with Gasteiger partial charge in [-0.3, -0.25) is 9.69 Å². The van der Waals surface area contributed by atoms with Crippen molar-refractivity contribution in [2.45, 2.75) is 25.8 Å². The van der Waals surface area contributed by atoms with Crippen LogP contribution in [0.2, 0.25) is 0 Å². The standard InChI is InChI=1S/C16H21N3O/c1-2-19-9-5-6-12(19)10-18-16(20)14-11-17-15-8-4-3-7-13(14)15/h3-4,7-8,11-12,17H,2,5-6,9-10H2,1H3,(H,18,20). The maximum absolute atomic E-state index is 12.3. The maximum Gasteiger partial charge on any atom is 0.253 e. The first-order chi connectivity index (χ1) is 9.79. The third-order valence-corrected chi connectivity index (χ3v) is 4.24. The van der Waals surface area contributed by atoms with Gasteiger partial charge in [0.05, 0.1) is 5.56 Å². The van der Waals surface area contributed by atoms with Crippen molar-refractivity contribution in [2.24, 2.45) is 0 Å². The minimum atomic E-state index is 0.0189. The topological polar surface area (TPSA) is 48.1 Å². The SMILES string of the molecule is CCN1CCCC1CNC(=O)c1c[nH]c2ccccc12. The Morgan fingerprint density at radius 3 is 3.15 bits per heavy atom. The van der Waals surface area contributed by atoms with E-state index in [1.165, 1.54) is 12.8 Å². The second kappa shape index (κ2) is 5.67. The van der Waals surface area contributed by atoms with Crippen molar-refractivity contribution in [2.75, 3.05) is 19.6 Å². The highest BCUT2D eigenvalue weighted by Gasteiger charge is 2.23. The number of amides is 1. The number of rotatable bonds is 4. The maximum atomic E-state index is 12.3. The molecule has 106 valence electrons. The summed E-state index contributed by atoms with van der Waals surface area (Å²) in [4.78, 5) is 17.9. The van der Waals surface area contributed by atoms with E-state index in [1.807, 2.05) is 24.3 Å². The molecule has 4 heteroatoms. The quantitative estimate of drug-likeness (QED) is 0.897. The van der Waals surface area contributed by atoms with Gasteiger partial charge in [0, 0.05) is 29.7 Å². The first kappa shape index (κ1) is 13.2. The van der Waals surface area contributed by atoms with Gasteiger partial charge in [0.1, 0.15) is 0 Å². The van der Waals surface area contributed by atoms with Gasteiger partial charge in [-0.25, -0.2) is 0 Å². The molecule has 1 aliphatic heterocycles. The Morgan fingerprint density at radius 1 is 1.45 bits per heavy atom. The molecule has 1 unspecified atom stereocenters. The van der Waals surface area contributed by atoms with Crippen molar-refractivity contribution >= 4 is 16.8 Å². The van der Waals surface area contributed by atoms with Crippen LogP contribution >= 0.6 is 0 Å². The van der Waals surface area contributed by atoms with E-state index in [2.05, 4.69) is 22.1 Å². The van der Waals surface area contributed by atoms with Crippen molar-refractivity contribution in [3.63, 3.8) is 0 Å². The summed E-state index contributed by atoms with van der Waals surface area (Å²) in [5.41, 5.74) is 1.75. The van der Waals surface area contributed by atoms with Crippen molar-refractivity contribution in [3.8, 4) is 0 Å². The third-order valence-electron chi connectivity index (χ3n) is 4.24. The van der Waals surface area contributed by atoms with Gasteiger partial charge in [0.25, 0.3) is 5.91 Å². The van der Waals surface area contributed by atoms with E-state index >= 15 is 0 Å². The highest BCUT2D eigenvalue weighted by atomic mass is 16.1. The number of hydrogen-bond acceptors (Lipinski definition) is 2. The van der Waals surface area contributed by atoms with Gasteiger partial charge in [0.15, 0.2) is 0 Å². The first-order valence-electron chi connectivity index (χ1n) is 7.38. The number of nitrogens with zero attached hydrogens (tertiary/aromatic N) is 1. The molecule has 1 saturated heterocycles. The van der Waals surface area contributed by atoms with Crippen LogP contribution in [0, 0.1) is 0 Å². The molecule has 1 atom stereocenters. The Bertz CT molecular complexity index is 605. The Morgan fingerprint density at radius 2 is 2.30 bits per heavy atom. The zero-order chi connectivity index (χ0) is 13.9. The van der Waals surface area contributed by atoms with Crippen LogP contribution in [0.25, 0.3) is 10.9 Å². The number of H-pyrrole nitrogens is 1. The van der Waals surface area contributed by atoms with E-state index in [4.69, 9.17) is 0 Å². The van der Waals surface area contributed by atoms with Crippen LogP contribution in [0.15, 0.2) is 30.5 Å². The van der Waals surface area contributed by atoms with Crippen LogP contribution in [-0.2, 0) is 0 Å². The number of nitrogens with one attached hydrogen (secondary N) is 2. The number of aromatic amines is 1. The summed E-state index contributed by atoms with van der Waals surface area (Å²) < 4.78 is 0. The number of hydrogen-bond donors (Lipinski definition) is 2. The van der Waals surface area contributed by atoms with Crippen LogP contribution in [0.3, 0.4) is 0 Å². The molecule has 2 N–H and O–H groups in total. The largest absolute Gasteiger partial charge is 0.360 e. The Labute approximate surface area is 119 Å². The van der Waals surface area contributed by atoms with Gasteiger partial charge in [-0.05, 0) is 32.0 Å². The summed E-state index contributed by atoms with van der Waals surface area (Å²) >= 11 is 0. The molecule has 0 saturated carbocycles. The smallest absolute Gasteiger partial charge is 0.253 e. The molecule has 1 aliphatic rings. The summed E-state index contributed by atoms with van der Waals surface area (Å²) in [6, 6.07) is 8.39. The Hall–Kier alpha value is -1.81. The molecule has 1 amide bonds. The van der Waals surface area contributed by atoms with Gasteiger partial charge in [-0.15, -0.1) is 0 Å². The van der Waals surface area contributed by atoms with E-state index in [-0.39, 0.29) is 5.91 Å². The fourth-order valence-electron chi connectivity index (χ4n) is 3.11. The molecule has 0 aliphatic carbocycles. The van der Waals surface area contributed by atoms with Gasteiger partial charge in [-0.1, -0.05) is 25.1 Å². The van der Waals surface area contributed by atoms with Crippen molar-refractivity contribution in [1.82, 2.24) is 15.2 Å². The molecule has 1 aromatic heterocycles. The molecule has 0 bridgehead atoms. The van der Waals surface area contributed by atoms with Crippen LogP contribution < -0.4 is 5.32 Å². The Balaban J connectivity index is 1.67. The molecule has 4 nitrogen and oxygen atoms in total. The van der Waals surface area contributed by atoms with Gasteiger partial charge >= 0.3 is 0 Å². The van der Waals surface area contributed by atoms with E-state index < -0.39 is 0 Å². The summed E-state index contributed by atoms with van der Waals surface area (Å²) in [6.07, 6.45) is 4.22. The zero-order valence-electron chi connectivity index (χ0n) is 11.9. The molecule has 1 fully saturated rings. The molecule has 0 radical (unpaired) electrons. The predicted octanol–water partition coefficient (Wildman–Crippen LogP) is 2.38. The monoisotopic (exact) mass is 271 g/mol. The van der Waals surface area contributed by atoms with E-state index in [9.17, 15) is 4.79 Å². The molecule has 2 heterocycles. The van der Waals surface area contributed by atoms with Crippen molar-refractivity contribution in [1.29, 1.82) is 0 Å². The third kappa shape index (κ3) is 2.43. The average molecular weight is 271 g/mol. The number of para-hydroxylation sites is 1. The molecular formula is C16H21N3O. The molecular weight excluding hydrogens is 250 g/mol. The lowest BCUT2D eigenvalue weighted by Gasteiger charge is -2.22. The fourth-order valence-corrected chi connectivity index (χ4v) is 3.11. The van der Waals surface area contributed by atoms with Gasteiger partial charge in [0.2, 0.25) is 0 Å². The first-order valence-corrected chi connectivity index (χ1v) is 7.38. The lowest BCUT2D eigenvalue weighted by Crippen LogP contribution is -2.39. The summed E-state index contributed by atoms with van der Waals surface area (Å²) in [6.45, 7) is 5.14. The minimum Gasteiger partial charge on any atom is -0.360 e. The van der Waals surface area contributed by atoms with Crippen LogP contribution in [-0.4, -0.2) is 41.5 Å². The van der Waals surface area contributed by atoms with Crippen molar-refractivity contribution in [3.05, 3.63) is 36.0 Å². The normalized spacial score (nSPS) is 19.6. The number of carbonyl (C=O) groups is 1. The molecule has 3 rings (SSSR count). The lowest BCUT2D eigenvalue weighted by atomic mass is 10.1. The molecule has 20 heavy (non-hydrogen) atoms. The second-order valence-electron chi connectivity index (χ2n) is 5.38. The molecule has 1 aromatic carbocycles. The summed E-state index contributed by atoms with van der Waals surface area (Å²) in [5.74, 6) is 0.0189. The lowest BCUT2D eigenvalue weighted by molar-refractivity contribution is 0.0943. The summed E-state index contributed by atoms with van der Waals surface area (Å²) in [5, 5.41) is 4.07. The summed E-state index contributed by atoms with van der Waals surface area (Å²) in [7, 11) is 0. The number of carbonyl (C=O) groups excluding carboxylic acids is 1. The van der Waals surface area contributed by atoms with Crippen LogP contribution in [0.1, 0.15) is 30.1 Å².